The molecule has 0 aliphatic carbocycles. The van der Waals surface area contributed by atoms with Crippen LogP contribution in [0.5, 0.6) is 0 Å². The van der Waals surface area contributed by atoms with Gasteiger partial charge < -0.3 is 10.6 Å². The molecule has 2 N–H and O–H groups in total. The Hall–Kier alpha value is -2.21. The van der Waals surface area contributed by atoms with Gasteiger partial charge in [0.05, 0.1) is 6.04 Å². The van der Waals surface area contributed by atoms with Crippen LogP contribution in [0.2, 0.25) is 0 Å². The zero-order valence-corrected chi connectivity index (χ0v) is 13.0. The molecule has 1 aliphatic rings. The van der Waals surface area contributed by atoms with E-state index >= 15 is 0 Å². The van der Waals surface area contributed by atoms with Crippen LogP contribution in [0, 0.1) is 5.82 Å². The summed E-state index contributed by atoms with van der Waals surface area (Å²) in [6.07, 6.45) is 4.75. The van der Waals surface area contributed by atoms with Crippen molar-refractivity contribution in [2.45, 2.75) is 25.3 Å². The Bertz CT molecular complexity index is 647. The highest BCUT2D eigenvalue weighted by Crippen LogP contribution is 2.15. The Kier molecular flexibility index (Phi) is 5.02. The molecule has 122 valence electrons. The lowest BCUT2D eigenvalue weighted by Gasteiger charge is -2.22. The van der Waals surface area contributed by atoms with Crippen molar-refractivity contribution in [3.05, 3.63) is 53.6 Å². The maximum absolute atomic E-state index is 12.8. The lowest BCUT2D eigenvalue weighted by molar-refractivity contribution is 0.0947. The Balaban J connectivity index is 1.50. The first-order chi connectivity index (χ1) is 11.2. The van der Waals surface area contributed by atoms with Gasteiger partial charge in [-0.3, -0.25) is 9.48 Å². The maximum atomic E-state index is 12.8. The fourth-order valence-electron chi connectivity index (χ4n) is 2.78. The number of hydrogen-bond acceptors (Lipinski definition) is 3. The first-order valence-electron chi connectivity index (χ1n) is 8.01. The predicted molar refractivity (Wildman–Crippen MR) is 85.8 cm³/mol. The van der Waals surface area contributed by atoms with Crippen LogP contribution in [0.15, 0.2) is 36.5 Å². The van der Waals surface area contributed by atoms with Gasteiger partial charge in [-0.25, -0.2) is 4.39 Å². The van der Waals surface area contributed by atoms with E-state index in [1.54, 1.807) is 18.2 Å². The molecule has 1 aliphatic heterocycles. The molecule has 2 aromatic rings. The van der Waals surface area contributed by atoms with Gasteiger partial charge in [-0.05, 0) is 49.6 Å². The fourth-order valence-corrected chi connectivity index (χ4v) is 2.78. The molecule has 0 saturated carbocycles. The number of nitrogens with zero attached hydrogens (tertiary/aromatic N) is 2. The largest absolute Gasteiger partial charge is 0.350 e. The van der Waals surface area contributed by atoms with Crippen LogP contribution in [0.1, 0.15) is 34.9 Å². The van der Waals surface area contributed by atoms with Crippen molar-refractivity contribution >= 4 is 5.91 Å². The van der Waals surface area contributed by atoms with Crippen LogP contribution in [-0.2, 0) is 6.42 Å². The van der Waals surface area contributed by atoms with Crippen LogP contribution in [-0.4, -0.2) is 35.3 Å². The molecule has 0 bridgehead atoms. The lowest BCUT2D eigenvalue weighted by atomic mass is 10.1. The molecule has 6 heteroatoms. The summed E-state index contributed by atoms with van der Waals surface area (Å²) in [5, 5.41) is 10.6. The van der Waals surface area contributed by atoms with Crippen LogP contribution in [0.4, 0.5) is 4.39 Å². The van der Waals surface area contributed by atoms with Crippen LogP contribution < -0.4 is 10.6 Å². The Labute approximate surface area is 134 Å². The van der Waals surface area contributed by atoms with Gasteiger partial charge in [0, 0.05) is 19.3 Å². The lowest BCUT2D eigenvalue weighted by Crippen LogP contribution is -2.32. The minimum absolute atomic E-state index is 0.172. The fraction of sp³-hybridized carbons (Fsp3) is 0.412. The highest BCUT2D eigenvalue weighted by atomic mass is 19.1. The summed E-state index contributed by atoms with van der Waals surface area (Å²) in [4.78, 5) is 12.1. The van der Waals surface area contributed by atoms with Crippen molar-refractivity contribution in [2.75, 3.05) is 19.6 Å². The van der Waals surface area contributed by atoms with E-state index in [2.05, 4.69) is 15.7 Å². The number of hydrogen-bond donors (Lipinski definition) is 2. The molecule has 0 radical (unpaired) electrons. The van der Waals surface area contributed by atoms with E-state index in [4.69, 9.17) is 0 Å². The number of carbonyl (C=O) groups is 1. The Morgan fingerprint density at radius 3 is 2.91 bits per heavy atom. The van der Waals surface area contributed by atoms with Crippen molar-refractivity contribution in [3.63, 3.8) is 0 Å². The summed E-state index contributed by atoms with van der Waals surface area (Å²) >= 11 is 0. The normalized spacial score (nSPS) is 17.9. The summed E-state index contributed by atoms with van der Waals surface area (Å²) in [5.41, 5.74) is 1.43. The molecule has 23 heavy (non-hydrogen) atoms. The number of benzene rings is 1. The SMILES string of the molecule is O=C(NCCc1ccc(F)cc1)c1ccn(C2CCCNC2)n1. The Morgan fingerprint density at radius 2 is 2.17 bits per heavy atom. The summed E-state index contributed by atoms with van der Waals surface area (Å²) in [7, 11) is 0. The van der Waals surface area contributed by atoms with Gasteiger partial charge in [-0.15, -0.1) is 0 Å². The average molecular weight is 316 g/mol. The molecule has 1 aromatic heterocycles. The van der Waals surface area contributed by atoms with E-state index in [9.17, 15) is 9.18 Å². The van der Waals surface area contributed by atoms with Gasteiger partial charge in [0.25, 0.3) is 5.91 Å². The van der Waals surface area contributed by atoms with Crippen molar-refractivity contribution < 1.29 is 9.18 Å². The first-order valence-corrected chi connectivity index (χ1v) is 8.01. The average Bonchev–Trinajstić information content (AvgIpc) is 3.07. The van der Waals surface area contributed by atoms with E-state index in [1.807, 2.05) is 10.9 Å². The molecule has 2 heterocycles. The summed E-state index contributed by atoms with van der Waals surface area (Å²) in [5.74, 6) is -0.421. The van der Waals surface area contributed by atoms with Gasteiger partial charge in [0.2, 0.25) is 0 Å². The molecule has 5 nitrogen and oxygen atoms in total. The molecular weight excluding hydrogens is 295 g/mol. The zero-order valence-electron chi connectivity index (χ0n) is 13.0. The van der Waals surface area contributed by atoms with Crippen LogP contribution >= 0.6 is 0 Å². The maximum Gasteiger partial charge on any atom is 0.271 e. The third-order valence-electron chi connectivity index (χ3n) is 4.10. The van der Waals surface area contributed by atoms with Crippen molar-refractivity contribution in [3.8, 4) is 0 Å². The predicted octanol–water partition coefficient (Wildman–Crippen LogP) is 1.92. The van der Waals surface area contributed by atoms with E-state index in [-0.39, 0.29) is 11.7 Å². The number of halogens is 1. The smallest absolute Gasteiger partial charge is 0.271 e. The second-order valence-electron chi connectivity index (χ2n) is 5.81. The highest BCUT2D eigenvalue weighted by Gasteiger charge is 2.17. The summed E-state index contributed by atoms with van der Waals surface area (Å²) in [6.45, 7) is 2.45. The van der Waals surface area contributed by atoms with E-state index in [0.717, 1.165) is 31.5 Å². The number of carbonyl (C=O) groups excluding carboxylic acids is 1. The van der Waals surface area contributed by atoms with Crippen LogP contribution in [0.25, 0.3) is 0 Å². The molecule has 0 spiro atoms. The number of rotatable bonds is 5. The van der Waals surface area contributed by atoms with E-state index in [1.165, 1.54) is 12.1 Å². The third-order valence-corrected chi connectivity index (χ3v) is 4.10. The molecule has 1 amide bonds. The molecular formula is C17H21FN4O. The Morgan fingerprint density at radius 1 is 1.35 bits per heavy atom. The van der Waals surface area contributed by atoms with Gasteiger partial charge in [0.1, 0.15) is 11.5 Å². The standard InChI is InChI=1S/C17H21FN4O/c18-14-5-3-13(4-6-14)7-10-20-17(23)16-8-11-22(21-16)15-2-1-9-19-12-15/h3-6,8,11,15,19H,1-2,7,9-10,12H2,(H,20,23). The minimum Gasteiger partial charge on any atom is -0.350 e. The quantitative estimate of drug-likeness (QED) is 0.886. The van der Waals surface area contributed by atoms with Gasteiger partial charge in [-0.2, -0.15) is 5.10 Å². The zero-order chi connectivity index (χ0) is 16.1. The molecule has 1 unspecified atom stereocenters. The highest BCUT2D eigenvalue weighted by molar-refractivity contribution is 5.92. The topological polar surface area (TPSA) is 59.0 Å². The van der Waals surface area contributed by atoms with Gasteiger partial charge >= 0.3 is 0 Å². The first kappa shape index (κ1) is 15.7. The summed E-state index contributed by atoms with van der Waals surface area (Å²) in [6, 6.07) is 8.39. The molecule has 1 atom stereocenters. The van der Waals surface area contributed by atoms with Gasteiger partial charge in [-0.1, -0.05) is 12.1 Å². The number of piperidine rings is 1. The molecule has 3 rings (SSSR count). The molecule has 1 aromatic carbocycles. The van der Waals surface area contributed by atoms with E-state index < -0.39 is 0 Å². The number of nitrogens with one attached hydrogen (secondary N) is 2. The number of aromatic nitrogens is 2. The van der Waals surface area contributed by atoms with Crippen molar-refractivity contribution in [1.29, 1.82) is 0 Å². The second kappa shape index (κ2) is 7.37. The second-order valence-corrected chi connectivity index (χ2v) is 5.81. The number of amides is 1. The van der Waals surface area contributed by atoms with Crippen molar-refractivity contribution in [2.24, 2.45) is 0 Å². The van der Waals surface area contributed by atoms with E-state index in [0.29, 0.717) is 24.7 Å². The monoisotopic (exact) mass is 316 g/mol. The molecule has 1 saturated heterocycles. The van der Waals surface area contributed by atoms with Crippen LogP contribution in [0.3, 0.4) is 0 Å². The summed E-state index contributed by atoms with van der Waals surface area (Å²) < 4.78 is 14.7. The van der Waals surface area contributed by atoms with Crippen molar-refractivity contribution in [1.82, 2.24) is 20.4 Å². The molecule has 1 fully saturated rings. The third kappa shape index (κ3) is 4.16. The van der Waals surface area contributed by atoms with Gasteiger partial charge in [0.15, 0.2) is 0 Å². The minimum atomic E-state index is -0.250.